The quantitative estimate of drug-likeness (QED) is 0.655. The van der Waals surface area contributed by atoms with E-state index in [1.807, 2.05) is 24.3 Å². The van der Waals surface area contributed by atoms with Crippen LogP contribution in [0.2, 0.25) is 0 Å². The van der Waals surface area contributed by atoms with Crippen molar-refractivity contribution in [2.45, 2.75) is 18.7 Å². The maximum Gasteiger partial charge on any atom is 0.119 e. The minimum atomic E-state index is 0.306. The molecule has 2 nitrogen and oxygen atoms in total. The molecule has 100 valence electrons. The van der Waals surface area contributed by atoms with Gasteiger partial charge in [0.2, 0.25) is 0 Å². The van der Waals surface area contributed by atoms with E-state index in [4.69, 9.17) is 4.74 Å². The minimum Gasteiger partial charge on any atom is -0.508 e. The fourth-order valence-corrected chi connectivity index (χ4v) is 2.69. The number of hydrogen-bond acceptors (Lipinski definition) is 3. The van der Waals surface area contributed by atoms with Crippen LogP contribution >= 0.6 is 11.8 Å². The summed E-state index contributed by atoms with van der Waals surface area (Å²) in [5, 5.41) is 9.36. The third kappa shape index (κ3) is 4.52. The molecule has 0 unspecified atom stereocenters. The highest BCUT2D eigenvalue weighted by molar-refractivity contribution is 7.99. The maximum absolute atomic E-state index is 9.36. The Bertz CT molecular complexity index is 532. The summed E-state index contributed by atoms with van der Waals surface area (Å²) >= 11 is 1.68. The van der Waals surface area contributed by atoms with Crippen LogP contribution in [0.15, 0.2) is 47.4 Å². The summed E-state index contributed by atoms with van der Waals surface area (Å²) in [6.07, 6.45) is 0. The van der Waals surface area contributed by atoms with Gasteiger partial charge < -0.3 is 9.84 Å². The molecule has 2 rings (SSSR count). The summed E-state index contributed by atoms with van der Waals surface area (Å²) in [5.41, 5.74) is 2.44. The third-order valence-corrected chi connectivity index (χ3v) is 3.59. The van der Waals surface area contributed by atoms with E-state index in [1.54, 1.807) is 23.9 Å². The number of aryl methyl sites for hydroxylation is 2. The highest BCUT2D eigenvalue weighted by atomic mass is 32.2. The van der Waals surface area contributed by atoms with Gasteiger partial charge in [0.25, 0.3) is 0 Å². The molecule has 1 N–H and O–H groups in total. The average molecular weight is 274 g/mol. The van der Waals surface area contributed by atoms with Gasteiger partial charge in [-0.3, -0.25) is 0 Å². The molecular weight excluding hydrogens is 256 g/mol. The smallest absolute Gasteiger partial charge is 0.119 e. The van der Waals surface area contributed by atoms with Crippen molar-refractivity contribution in [1.82, 2.24) is 0 Å². The first-order valence-corrected chi connectivity index (χ1v) is 7.25. The Hall–Kier alpha value is -1.61. The summed E-state index contributed by atoms with van der Waals surface area (Å²) in [5.74, 6) is 2.09. The molecule has 0 amide bonds. The summed E-state index contributed by atoms with van der Waals surface area (Å²) in [6, 6.07) is 13.5. The molecule has 0 aromatic heterocycles. The van der Waals surface area contributed by atoms with Crippen LogP contribution in [0.25, 0.3) is 0 Å². The van der Waals surface area contributed by atoms with Crippen molar-refractivity contribution in [1.29, 1.82) is 0 Å². The Labute approximate surface area is 118 Å². The zero-order valence-corrected chi connectivity index (χ0v) is 12.0. The maximum atomic E-state index is 9.36. The second kappa shape index (κ2) is 6.53. The second-order valence-corrected chi connectivity index (χ2v) is 5.69. The number of thioether (sulfide) groups is 1. The lowest BCUT2D eigenvalue weighted by Gasteiger charge is -2.08. The van der Waals surface area contributed by atoms with Gasteiger partial charge in [0.1, 0.15) is 11.5 Å². The number of phenols is 1. The van der Waals surface area contributed by atoms with Crippen molar-refractivity contribution in [2.24, 2.45) is 0 Å². The molecule has 0 spiro atoms. The van der Waals surface area contributed by atoms with E-state index in [1.165, 1.54) is 11.1 Å². The number of ether oxygens (including phenoxy) is 1. The topological polar surface area (TPSA) is 29.5 Å². The van der Waals surface area contributed by atoms with Gasteiger partial charge in [-0.25, -0.2) is 0 Å². The fourth-order valence-electron chi connectivity index (χ4n) is 1.91. The van der Waals surface area contributed by atoms with Gasteiger partial charge in [0.15, 0.2) is 0 Å². The van der Waals surface area contributed by atoms with Crippen LogP contribution in [-0.4, -0.2) is 17.5 Å². The predicted octanol–water partition coefficient (Wildman–Crippen LogP) is 4.18. The van der Waals surface area contributed by atoms with Crippen LogP contribution in [0.1, 0.15) is 11.1 Å². The zero-order chi connectivity index (χ0) is 13.7. The van der Waals surface area contributed by atoms with Gasteiger partial charge in [-0.15, -0.1) is 11.8 Å². The molecular formula is C16H18O2S. The zero-order valence-electron chi connectivity index (χ0n) is 11.2. The molecule has 0 radical (unpaired) electrons. The van der Waals surface area contributed by atoms with E-state index < -0.39 is 0 Å². The summed E-state index contributed by atoms with van der Waals surface area (Å²) in [6.45, 7) is 4.80. The summed E-state index contributed by atoms with van der Waals surface area (Å²) in [4.78, 5) is 1.06. The summed E-state index contributed by atoms with van der Waals surface area (Å²) in [7, 11) is 0. The van der Waals surface area contributed by atoms with Crippen LogP contribution < -0.4 is 4.74 Å². The number of benzene rings is 2. The van der Waals surface area contributed by atoms with Crippen molar-refractivity contribution < 1.29 is 9.84 Å². The monoisotopic (exact) mass is 274 g/mol. The van der Waals surface area contributed by atoms with Gasteiger partial charge >= 0.3 is 0 Å². The van der Waals surface area contributed by atoms with E-state index in [-0.39, 0.29) is 0 Å². The Morgan fingerprint density at radius 1 is 1.05 bits per heavy atom. The molecule has 0 saturated heterocycles. The third-order valence-electron chi connectivity index (χ3n) is 2.63. The summed E-state index contributed by atoms with van der Waals surface area (Å²) < 4.78 is 5.74. The molecule has 0 saturated carbocycles. The molecule has 2 aromatic rings. The number of phenolic OH excluding ortho intramolecular Hbond substituents is 1. The van der Waals surface area contributed by atoms with Gasteiger partial charge in [-0.05, 0) is 55.3 Å². The predicted molar refractivity (Wildman–Crippen MR) is 80.2 cm³/mol. The van der Waals surface area contributed by atoms with Crippen LogP contribution in [0.5, 0.6) is 11.5 Å². The van der Waals surface area contributed by atoms with Crippen molar-refractivity contribution in [2.75, 3.05) is 12.4 Å². The van der Waals surface area contributed by atoms with Gasteiger partial charge in [-0.1, -0.05) is 12.1 Å². The van der Waals surface area contributed by atoms with E-state index in [9.17, 15) is 5.11 Å². The standard InChI is InChI=1S/C16H18O2S/c1-12-8-13(2)10-15(9-12)18-6-7-19-16-5-3-4-14(17)11-16/h3-5,8-11,17H,6-7H2,1-2H3. The van der Waals surface area contributed by atoms with Crippen LogP contribution in [-0.2, 0) is 0 Å². The first-order chi connectivity index (χ1) is 9.13. The van der Waals surface area contributed by atoms with E-state index >= 15 is 0 Å². The number of hydrogen-bond donors (Lipinski definition) is 1. The van der Waals surface area contributed by atoms with Crippen molar-refractivity contribution in [3.8, 4) is 11.5 Å². The fraction of sp³-hybridized carbons (Fsp3) is 0.250. The van der Waals surface area contributed by atoms with Gasteiger partial charge in [0, 0.05) is 10.6 Å². The number of aromatic hydroxyl groups is 1. The van der Waals surface area contributed by atoms with Crippen LogP contribution in [0.3, 0.4) is 0 Å². The molecule has 0 bridgehead atoms. The lowest BCUT2D eigenvalue weighted by molar-refractivity contribution is 0.343. The minimum absolute atomic E-state index is 0.306. The Kier molecular flexibility index (Phi) is 4.74. The molecule has 0 aliphatic carbocycles. The Balaban J connectivity index is 1.80. The SMILES string of the molecule is Cc1cc(C)cc(OCCSc2cccc(O)c2)c1. The molecule has 0 atom stereocenters. The normalized spacial score (nSPS) is 10.4. The van der Waals surface area contributed by atoms with E-state index in [2.05, 4.69) is 19.9 Å². The van der Waals surface area contributed by atoms with E-state index in [0.29, 0.717) is 12.4 Å². The molecule has 3 heteroatoms. The van der Waals surface area contributed by atoms with Crippen molar-refractivity contribution >= 4 is 11.8 Å². The largest absolute Gasteiger partial charge is 0.508 e. The van der Waals surface area contributed by atoms with Gasteiger partial charge in [0.05, 0.1) is 6.61 Å². The lowest BCUT2D eigenvalue weighted by Crippen LogP contribution is -2.00. The Morgan fingerprint density at radius 3 is 2.47 bits per heavy atom. The van der Waals surface area contributed by atoms with Crippen LogP contribution in [0, 0.1) is 13.8 Å². The number of rotatable bonds is 5. The average Bonchev–Trinajstić information content (AvgIpc) is 2.34. The molecule has 0 aliphatic rings. The molecule has 0 fully saturated rings. The van der Waals surface area contributed by atoms with E-state index in [0.717, 1.165) is 16.4 Å². The molecule has 0 heterocycles. The first-order valence-electron chi connectivity index (χ1n) is 6.26. The van der Waals surface area contributed by atoms with Crippen molar-refractivity contribution in [3.63, 3.8) is 0 Å². The first kappa shape index (κ1) is 13.8. The Morgan fingerprint density at radius 2 is 1.79 bits per heavy atom. The van der Waals surface area contributed by atoms with Crippen molar-refractivity contribution in [3.05, 3.63) is 53.6 Å². The molecule has 2 aromatic carbocycles. The lowest BCUT2D eigenvalue weighted by atomic mass is 10.1. The second-order valence-electron chi connectivity index (χ2n) is 4.52. The van der Waals surface area contributed by atoms with Crippen LogP contribution in [0.4, 0.5) is 0 Å². The van der Waals surface area contributed by atoms with Gasteiger partial charge in [-0.2, -0.15) is 0 Å². The highest BCUT2D eigenvalue weighted by Crippen LogP contribution is 2.22. The molecule has 19 heavy (non-hydrogen) atoms. The molecule has 0 aliphatic heterocycles. The highest BCUT2D eigenvalue weighted by Gasteiger charge is 1.99.